The number of amidine groups is 1. The highest BCUT2D eigenvalue weighted by molar-refractivity contribution is 6.31. The van der Waals surface area contributed by atoms with Crippen LogP contribution in [0.3, 0.4) is 0 Å². The fourth-order valence-electron chi connectivity index (χ4n) is 2.14. The third kappa shape index (κ3) is 2.43. The van der Waals surface area contributed by atoms with Gasteiger partial charge in [-0.2, -0.15) is 0 Å². The Labute approximate surface area is 122 Å². The van der Waals surface area contributed by atoms with Crippen LogP contribution in [0.4, 0.5) is 5.69 Å². The van der Waals surface area contributed by atoms with Gasteiger partial charge in [0.15, 0.2) is 0 Å². The molecule has 5 heteroatoms. The first-order valence-electron chi connectivity index (χ1n) is 6.22. The Balaban J connectivity index is 2.19. The molecule has 20 heavy (non-hydrogen) atoms. The summed E-state index contributed by atoms with van der Waals surface area (Å²) in [5, 5.41) is 0.659. The van der Waals surface area contributed by atoms with E-state index in [0.29, 0.717) is 17.4 Å². The van der Waals surface area contributed by atoms with E-state index in [1.165, 1.54) is 0 Å². The predicted molar refractivity (Wildman–Crippen MR) is 82.8 cm³/mol. The van der Waals surface area contributed by atoms with Gasteiger partial charge in [-0.25, -0.2) is 10.8 Å². The lowest BCUT2D eigenvalue weighted by Crippen LogP contribution is -2.32. The fraction of sp³-hybridized carbons (Fsp3) is 0.0667. The summed E-state index contributed by atoms with van der Waals surface area (Å²) < 4.78 is 0. The van der Waals surface area contributed by atoms with Crippen molar-refractivity contribution >= 4 is 28.8 Å². The third-order valence-corrected chi connectivity index (χ3v) is 3.31. The van der Waals surface area contributed by atoms with Crippen molar-refractivity contribution in [2.45, 2.75) is 0 Å². The van der Waals surface area contributed by atoms with E-state index in [1.807, 2.05) is 48.5 Å². The number of aliphatic imine (C=N–C) groups is 2. The number of hydrazine groups is 1. The van der Waals surface area contributed by atoms with Gasteiger partial charge in [-0.3, -0.25) is 4.99 Å². The van der Waals surface area contributed by atoms with Crippen LogP contribution in [0, 0.1) is 0 Å². The number of fused-ring (bicyclic) bond motifs is 1. The van der Waals surface area contributed by atoms with E-state index in [2.05, 4.69) is 15.4 Å². The summed E-state index contributed by atoms with van der Waals surface area (Å²) >= 11 is 6.11. The first-order chi connectivity index (χ1) is 9.78. The summed E-state index contributed by atoms with van der Waals surface area (Å²) in [5.74, 6) is 6.09. The minimum absolute atomic E-state index is 0.410. The smallest absolute Gasteiger partial charge is 0.138 e. The van der Waals surface area contributed by atoms with Crippen molar-refractivity contribution in [3.8, 4) is 0 Å². The molecule has 3 N–H and O–H groups in total. The van der Waals surface area contributed by atoms with Crippen LogP contribution in [-0.2, 0) is 0 Å². The number of benzene rings is 2. The number of hydrogen-bond donors (Lipinski definition) is 2. The number of hydrogen-bond acceptors (Lipinski definition) is 4. The van der Waals surface area contributed by atoms with Crippen molar-refractivity contribution < 1.29 is 0 Å². The molecule has 0 aliphatic carbocycles. The van der Waals surface area contributed by atoms with Gasteiger partial charge in [-0.05, 0) is 18.2 Å². The van der Waals surface area contributed by atoms with E-state index >= 15 is 0 Å². The molecule has 0 radical (unpaired) electrons. The second-order valence-corrected chi connectivity index (χ2v) is 4.83. The largest absolute Gasteiger partial charge is 0.310 e. The van der Waals surface area contributed by atoms with E-state index in [-0.39, 0.29) is 0 Å². The first-order valence-corrected chi connectivity index (χ1v) is 6.59. The average molecular weight is 285 g/mol. The molecule has 1 heterocycles. The summed E-state index contributed by atoms with van der Waals surface area (Å²) in [6.07, 6.45) is 0. The highest BCUT2D eigenvalue weighted by Gasteiger charge is 2.16. The molecule has 0 amide bonds. The standard InChI is InChI=1S/C15H13ClN4/c16-11-6-7-13-12(8-11)15(10-4-2-1-3-5-10)18-9-14(19-13)20-17/h1-8H,9,17H2,(H,19,20). The zero-order valence-corrected chi connectivity index (χ0v) is 11.4. The van der Waals surface area contributed by atoms with Crippen molar-refractivity contribution in [3.63, 3.8) is 0 Å². The minimum Gasteiger partial charge on any atom is -0.310 e. The molecule has 0 spiro atoms. The van der Waals surface area contributed by atoms with Gasteiger partial charge >= 0.3 is 0 Å². The molecule has 0 unspecified atom stereocenters. The van der Waals surface area contributed by atoms with Gasteiger partial charge in [-0.15, -0.1) is 0 Å². The van der Waals surface area contributed by atoms with E-state index < -0.39 is 0 Å². The third-order valence-electron chi connectivity index (χ3n) is 3.07. The molecule has 2 aromatic rings. The second-order valence-electron chi connectivity index (χ2n) is 4.40. The van der Waals surface area contributed by atoms with Crippen molar-refractivity contribution in [2.24, 2.45) is 15.8 Å². The van der Waals surface area contributed by atoms with Crippen LogP contribution in [-0.4, -0.2) is 18.1 Å². The topological polar surface area (TPSA) is 62.8 Å². The lowest BCUT2D eigenvalue weighted by atomic mass is 10.0. The zero-order valence-electron chi connectivity index (χ0n) is 10.7. The predicted octanol–water partition coefficient (Wildman–Crippen LogP) is 2.68. The molecule has 1 aliphatic heterocycles. The molecule has 3 rings (SSSR count). The number of nitrogens with zero attached hydrogens (tertiary/aromatic N) is 2. The maximum absolute atomic E-state index is 6.11. The van der Waals surface area contributed by atoms with E-state index in [1.54, 1.807) is 0 Å². The number of nitrogens with two attached hydrogens (primary N) is 1. The van der Waals surface area contributed by atoms with Crippen molar-refractivity contribution in [1.82, 2.24) is 5.43 Å². The summed E-state index contributed by atoms with van der Waals surface area (Å²) in [4.78, 5) is 9.09. The monoisotopic (exact) mass is 284 g/mol. The molecule has 2 aromatic carbocycles. The van der Waals surface area contributed by atoms with Gasteiger partial charge in [0, 0.05) is 16.1 Å². The van der Waals surface area contributed by atoms with Crippen LogP contribution in [0.5, 0.6) is 0 Å². The lowest BCUT2D eigenvalue weighted by Gasteiger charge is -2.08. The molecule has 4 nitrogen and oxygen atoms in total. The Bertz CT molecular complexity index is 692. The lowest BCUT2D eigenvalue weighted by molar-refractivity contribution is 0.992. The Morgan fingerprint density at radius 2 is 1.90 bits per heavy atom. The van der Waals surface area contributed by atoms with Crippen molar-refractivity contribution in [1.29, 1.82) is 0 Å². The number of nitrogens with one attached hydrogen (secondary N) is 1. The van der Waals surface area contributed by atoms with Crippen LogP contribution in [0.15, 0.2) is 58.5 Å². The van der Waals surface area contributed by atoms with Crippen molar-refractivity contribution in [2.75, 3.05) is 6.54 Å². The molecule has 100 valence electrons. The molecule has 0 aromatic heterocycles. The Kier molecular flexibility index (Phi) is 3.50. The summed E-state index contributed by atoms with van der Waals surface area (Å²) in [7, 11) is 0. The number of halogens is 1. The average Bonchev–Trinajstić information content (AvgIpc) is 2.67. The van der Waals surface area contributed by atoms with Crippen LogP contribution in [0.1, 0.15) is 11.1 Å². The highest BCUT2D eigenvalue weighted by Crippen LogP contribution is 2.28. The van der Waals surface area contributed by atoms with E-state index in [9.17, 15) is 0 Å². The summed E-state index contributed by atoms with van der Waals surface area (Å²) in [6.45, 7) is 0.410. The fourth-order valence-corrected chi connectivity index (χ4v) is 2.31. The second kappa shape index (κ2) is 5.45. The highest BCUT2D eigenvalue weighted by atomic mass is 35.5. The van der Waals surface area contributed by atoms with E-state index in [0.717, 1.165) is 22.5 Å². The Morgan fingerprint density at radius 3 is 2.65 bits per heavy atom. The van der Waals surface area contributed by atoms with Crippen LogP contribution >= 0.6 is 11.6 Å². The number of rotatable bonds is 1. The van der Waals surface area contributed by atoms with Crippen LogP contribution < -0.4 is 11.3 Å². The minimum atomic E-state index is 0.410. The van der Waals surface area contributed by atoms with Gasteiger partial charge in [0.05, 0.1) is 17.9 Å². The molecular formula is C15H13ClN4. The SMILES string of the molecule is NNC1=Nc2ccc(Cl)cc2C(c2ccccc2)=NC1. The quantitative estimate of drug-likeness (QED) is 0.625. The first kappa shape index (κ1) is 12.8. The molecule has 1 aliphatic rings. The maximum Gasteiger partial charge on any atom is 0.138 e. The normalized spacial score (nSPS) is 13.9. The van der Waals surface area contributed by atoms with Crippen LogP contribution in [0.2, 0.25) is 5.02 Å². The molecule has 0 atom stereocenters. The van der Waals surface area contributed by atoms with Gasteiger partial charge in [0.2, 0.25) is 0 Å². The summed E-state index contributed by atoms with van der Waals surface area (Å²) in [5.41, 5.74) is 6.20. The van der Waals surface area contributed by atoms with Gasteiger partial charge in [-0.1, -0.05) is 41.9 Å². The maximum atomic E-state index is 6.11. The molecule has 0 saturated carbocycles. The van der Waals surface area contributed by atoms with Crippen LogP contribution in [0.25, 0.3) is 0 Å². The molecule has 0 bridgehead atoms. The van der Waals surface area contributed by atoms with Gasteiger partial charge < -0.3 is 5.43 Å². The summed E-state index contributed by atoms with van der Waals surface area (Å²) in [6, 6.07) is 15.5. The van der Waals surface area contributed by atoms with Crippen molar-refractivity contribution in [3.05, 3.63) is 64.7 Å². The zero-order chi connectivity index (χ0) is 13.9. The van der Waals surface area contributed by atoms with Gasteiger partial charge in [0.25, 0.3) is 0 Å². The molecule has 0 saturated heterocycles. The Morgan fingerprint density at radius 1 is 1.10 bits per heavy atom. The van der Waals surface area contributed by atoms with E-state index in [4.69, 9.17) is 17.4 Å². The Hall–Kier alpha value is -2.17. The van der Waals surface area contributed by atoms with Gasteiger partial charge in [0.1, 0.15) is 5.84 Å². The molecule has 0 fully saturated rings. The molecular weight excluding hydrogens is 272 g/mol.